The maximum Gasteiger partial charge on any atom is 0.450 e. The SMILES string of the molecule is O=C(C1CCNCC1)C(F)(F)F.O=C(O)C(=O)O. The third-order valence-electron chi connectivity index (χ3n) is 2.17. The molecule has 18 heavy (non-hydrogen) atoms. The molecule has 0 bridgehead atoms. The summed E-state index contributed by atoms with van der Waals surface area (Å²) in [5.74, 6) is -6.03. The van der Waals surface area contributed by atoms with E-state index in [9.17, 15) is 18.0 Å². The number of carbonyl (C=O) groups excluding carboxylic acids is 1. The number of nitrogens with one attached hydrogen (secondary N) is 1. The second-order valence-electron chi connectivity index (χ2n) is 3.50. The zero-order chi connectivity index (χ0) is 14.3. The first-order valence-electron chi connectivity index (χ1n) is 4.94. The van der Waals surface area contributed by atoms with Gasteiger partial charge in [-0.3, -0.25) is 4.79 Å². The molecule has 1 heterocycles. The van der Waals surface area contributed by atoms with Gasteiger partial charge in [-0.1, -0.05) is 0 Å². The number of piperidine rings is 1. The monoisotopic (exact) mass is 271 g/mol. The molecule has 3 N–H and O–H groups in total. The topological polar surface area (TPSA) is 104 Å². The summed E-state index contributed by atoms with van der Waals surface area (Å²) in [4.78, 5) is 28.9. The number of hydrogen-bond donors (Lipinski definition) is 3. The zero-order valence-electron chi connectivity index (χ0n) is 9.16. The number of aliphatic carboxylic acids is 2. The fourth-order valence-electron chi connectivity index (χ4n) is 1.32. The number of carboxylic acid groups (broad SMARTS) is 2. The molecule has 0 aromatic heterocycles. The molecule has 1 aliphatic heterocycles. The van der Waals surface area contributed by atoms with Crippen LogP contribution in [0.15, 0.2) is 0 Å². The van der Waals surface area contributed by atoms with E-state index in [-0.39, 0.29) is 0 Å². The van der Waals surface area contributed by atoms with Crippen LogP contribution in [0, 0.1) is 5.92 Å². The van der Waals surface area contributed by atoms with Crippen molar-refractivity contribution in [3.8, 4) is 0 Å². The number of ketones is 1. The van der Waals surface area contributed by atoms with Crippen molar-refractivity contribution in [3.63, 3.8) is 0 Å². The molecule has 1 rings (SSSR count). The van der Waals surface area contributed by atoms with Crippen molar-refractivity contribution in [2.24, 2.45) is 5.92 Å². The lowest BCUT2D eigenvalue weighted by Gasteiger charge is -2.21. The number of alkyl halides is 3. The summed E-state index contributed by atoms with van der Waals surface area (Å²) in [6.07, 6.45) is -4.04. The van der Waals surface area contributed by atoms with Gasteiger partial charge in [0, 0.05) is 5.92 Å². The molecule has 0 aromatic rings. The number of rotatable bonds is 1. The third kappa shape index (κ3) is 6.18. The van der Waals surface area contributed by atoms with Gasteiger partial charge < -0.3 is 15.5 Å². The minimum Gasteiger partial charge on any atom is -0.473 e. The molecule has 104 valence electrons. The highest BCUT2D eigenvalue weighted by Gasteiger charge is 2.43. The summed E-state index contributed by atoms with van der Waals surface area (Å²) in [7, 11) is 0. The number of Topliss-reactive ketones (excluding diaryl/α,β-unsaturated/α-hetero) is 1. The van der Waals surface area contributed by atoms with Crippen LogP contribution >= 0.6 is 0 Å². The summed E-state index contributed by atoms with van der Waals surface area (Å²) < 4.78 is 35.6. The van der Waals surface area contributed by atoms with E-state index in [1.54, 1.807) is 0 Å². The van der Waals surface area contributed by atoms with Gasteiger partial charge in [0.25, 0.3) is 0 Å². The first-order chi connectivity index (χ1) is 8.16. The van der Waals surface area contributed by atoms with Crippen molar-refractivity contribution in [3.05, 3.63) is 0 Å². The number of hydrogen-bond acceptors (Lipinski definition) is 4. The molecule has 0 atom stereocenters. The van der Waals surface area contributed by atoms with Crippen LogP contribution in [0.1, 0.15) is 12.8 Å². The summed E-state index contributed by atoms with van der Waals surface area (Å²) in [6, 6.07) is 0. The van der Waals surface area contributed by atoms with Crippen LogP contribution in [-0.2, 0) is 14.4 Å². The van der Waals surface area contributed by atoms with Gasteiger partial charge in [-0.25, -0.2) is 9.59 Å². The van der Waals surface area contributed by atoms with Crippen LogP contribution in [0.4, 0.5) is 13.2 Å². The maximum absolute atomic E-state index is 11.9. The predicted molar refractivity (Wildman–Crippen MR) is 51.9 cm³/mol. The fraction of sp³-hybridized carbons (Fsp3) is 0.667. The first kappa shape index (κ1) is 16.4. The quantitative estimate of drug-likeness (QED) is 0.591. The lowest BCUT2D eigenvalue weighted by atomic mass is 9.93. The first-order valence-corrected chi connectivity index (χ1v) is 4.94. The molecule has 0 saturated carbocycles. The molecule has 6 nitrogen and oxygen atoms in total. The van der Waals surface area contributed by atoms with Gasteiger partial charge in [0.15, 0.2) is 0 Å². The maximum atomic E-state index is 11.9. The van der Waals surface area contributed by atoms with Crippen LogP contribution < -0.4 is 5.32 Å². The lowest BCUT2D eigenvalue weighted by Crippen LogP contribution is -2.38. The molecule has 0 unspecified atom stereocenters. The smallest absolute Gasteiger partial charge is 0.450 e. The summed E-state index contributed by atoms with van der Waals surface area (Å²) in [5.41, 5.74) is 0. The van der Waals surface area contributed by atoms with Gasteiger partial charge in [-0.15, -0.1) is 0 Å². The highest BCUT2D eigenvalue weighted by molar-refractivity contribution is 6.27. The van der Waals surface area contributed by atoms with E-state index in [4.69, 9.17) is 19.8 Å². The second-order valence-corrected chi connectivity index (χ2v) is 3.50. The summed E-state index contributed by atoms with van der Waals surface area (Å²) in [6.45, 7) is 1.01. The molecular weight excluding hydrogens is 259 g/mol. The molecular formula is C9H12F3NO5. The molecule has 0 radical (unpaired) electrons. The van der Waals surface area contributed by atoms with Gasteiger partial charge in [-0.05, 0) is 25.9 Å². The summed E-state index contributed by atoms with van der Waals surface area (Å²) in [5, 5.41) is 17.7. The predicted octanol–water partition coefficient (Wildman–Crippen LogP) is 0.273. The number of halogens is 3. The molecule has 0 aromatic carbocycles. The Labute approximate surface area is 99.8 Å². The van der Waals surface area contributed by atoms with E-state index in [0.29, 0.717) is 25.9 Å². The third-order valence-corrected chi connectivity index (χ3v) is 2.17. The minimum atomic E-state index is -4.65. The largest absolute Gasteiger partial charge is 0.473 e. The van der Waals surface area contributed by atoms with Gasteiger partial charge in [0.05, 0.1) is 0 Å². The van der Waals surface area contributed by atoms with Crippen LogP contribution in [0.2, 0.25) is 0 Å². The Bertz CT molecular complexity index is 311. The van der Waals surface area contributed by atoms with Crippen LogP contribution in [-0.4, -0.2) is 47.2 Å². The van der Waals surface area contributed by atoms with E-state index in [0.717, 1.165) is 0 Å². The van der Waals surface area contributed by atoms with E-state index < -0.39 is 29.8 Å². The minimum absolute atomic E-state index is 0.304. The van der Waals surface area contributed by atoms with Crippen LogP contribution in [0.5, 0.6) is 0 Å². The van der Waals surface area contributed by atoms with Crippen molar-refractivity contribution < 1.29 is 37.8 Å². The lowest BCUT2D eigenvalue weighted by molar-refractivity contribution is -0.176. The average Bonchev–Trinajstić information content (AvgIpc) is 2.28. The Balaban J connectivity index is 0.000000411. The van der Waals surface area contributed by atoms with Gasteiger partial charge in [0.1, 0.15) is 0 Å². The standard InChI is InChI=1S/C7H10F3NO.C2H2O4/c8-7(9,10)6(12)5-1-3-11-4-2-5;3-1(4)2(5)6/h5,11H,1-4H2;(H,3,4)(H,5,6). The Morgan fingerprint density at radius 1 is 1.00 bits per heavy atom. The molecule has 1 fully saturated rings. The normalized spacial score (nSPS) is 16.4. The van der Waals surface area contributed by atoms with E-state index >= 15 is 0 Å². The Kier molecular flexibility index (Phi) is 6.31. The highest BCUT2D eigenvalue weighted by atomic mass is 19.4. The van der Waals surface area contributed by atoms with E-state index in [1.165, 1.54) is 0 Å². The van der Waals surface area contributed by atoms with Gasteiger partial charge in [0.2, 0.25) is 5.78 Å². The van der Waals surface area contributed by atoms with Crippen molar-refractivity contribution in [1.82, 2.24) is 5.32 Å². The highest BCUT2D eigenvalue weighted by Crippen LogP contribution is 2.25. The van der Waals surface area contributed by atoms with Gasteiger partial charge >= 0.3 is 18.1 Å². The van der Waals surface area contributed by atoms with Crippen molar-refractivity contribution >= 4 is 17.7 Å². The fourth-order valence-corrected chi connectivity index (χ4v) is 1.32. The second kappa shape index (κ2) is 6.94. The van der Waals surface area contributed by atoms with Crippen LogP contribution in [0.25, 0.3) is 0 Å². The average molecular weight is 271 g/mol. The van der Waals surface area contributed by atoms with E-state index in [1.807, 2.05) is 0 Å². The Hall–Kier alpha value is -1.64. The molecule has 0 aliphatic carbocycles. The van der Waals surface area contributed by atoms with Crippen molar-refractivity contribution in [2.45, 2.75) is 19.0 Å². The Morgan fingerprint density at radius 3 is 1.67 bits per heavy atom. The van der Waals surface area contributed by atoms with Crippen molar-refractivity contribution in [1.29, 1.82) is 0 Å². The number of carbonyl (C=O) groups is 3. The molecule has 1 aliphatic rings. The Morgan fingerprint density at radius 2 is 1.39 bits per heavy atom. The van der Waals surface area contributed by atoms with Gasteiger partial charge in [-0.2, -0.15) is 13.2 Å². The number of carboxylic acids is 2. The summed E-state index contributed by atoms with van der Waals surface area (Å²) >= 11 is 0. The van der Waals surface area contributed by atoms with E-state index in [2.05, 4.69) is 5.32 Å². The molecule has 1 saturated heterocycles. The van der Waals surface area contributed by atoms with Crippen molar-refractivity contribution in [2.75, 3.05) is 13.1 Å². The molecule has 9 heteroatoms. The van der Waals surface area contributed by atoms with Crippen LogP contribution in [0.3, 0.4) is 0 Å². The zero-order valence-corrected chi connectivity index (χ0v) is 9.16. The molecule has 0 amide bonds. The molecule has 0 spiro atoms.